The summed E-state index contributed by atoms with van der Waals surface area (Å²) in [5, 5.41) is 2.92. The Labute approximate surface area is 109 Å². The van der Waals surface area contributed by atoms with Crippen molar-refractivity contribution in [2.45, 2.75) is 38.6 Å². The Morgan fingerprint density at radius 3 is 2.68 bits per heavy atom. The molecule has 1 unspecified atom stereocenters. The molecule has 1 aromatic heterocycles. The average Bonchev–Trinajstić information content (AvgIpc) is 2.38. The summed E-state index contributed by atoms with van der Waals surface area (Å²) in [4.78, 5) is 7.95. The minimum Gasteiger partial charge on any atom is -0.373 e. The molecule has 0 fully saturated rings. The molecule has 1 aromatic rings. The van der Waals surface area contributed by atoms with Crippen molar-refractivity contribution in [1.82, 2.24) is 15.3 Å². The van der Waals surface area contributed by atoms with Gasteiger partial charge in [0.25, 0.3) is 0 Å². The van der Waals surface area contributed by atoms with Crippen molar-refractivity contribution in [2.24, 2.45) is 0 Å². The van der Waals surface area contributed by atoms with E-state index < -0.39 is 18.0 Å². The Hall–Kier alpha value is -1.21. The van der Waals surface area contributed by atoms with Crippen LogP contribution in [0.4, 0.5) is 13.2 Å². The summed E-state index contributed by atoms with van der Waals surface area (Å²) < 4.78 is 44.3. The van der Waals surface area contributed by atoms with E-state index in [4.69, 9.17) is 4.74 Å². The van der Waals surface area contributed by atoms with Crippen molar-refractivity contribution in [3.05, 3.63) is 22.8 Å². The van der Waals surface area contributed by atoms with E-state index in [9.17, 15) is 13.2 Å². The number of alkyl halides is 3. The van der Waals surface area contributed by atoms with Gasteiger partial charge < -0.3 is 10.1 Å². The number of fused-ring (bicyclic) bond motifs is 1. The number of ether oxygens (including phenoxy) is 1. The number of nitrogens with one attached hydrogen (secondary N) is 1. The van der Waals surface area contributed by atoms with Crippen LogP contribution in [0.5, 0.6) is 0 Å². The molecule has 1 aliphatic rings. The third kappa shape index (κ3) is 2.87. The average molecular weight is 275 g/mol. The van der Waals surface area contributed by atoms with E-state index >= 15 is 0 Å². The van der Waals surface area contributed by atoms with Crippen molar-refractivity contribution in [3.8, 4) is 0 Å². The van der Waals surface area contributed by atoms with E-state index in [-0.39, 0.29) is 17.9 Å². The van der Waals surface area contributed by atoms with Crippen molar-refractivity contribution in [3.63, 3.8) is 0 Å². The molecule has 0 amide bonds. The molecule has 4 nitrogen and oxygen atoms in total. The van der Waals surface area contributed by atoms with Crippen LogP contribution in [0, 0.1) is 0 Å². The molecule has 7 heteroatoms. The highest BCUT2D eigenvalue weighted by molar-refractivity contribution is 5.30. The van der Waals surface area contributed by atoms with Crippen molar-refractivity contribution < 1.29 is 17.9 Å². The van der Waals surface area contributed by atoms with E-state index in [1.54, 1.807) is 0 Å². The number of aromatic nitrogens is 2. The molecule has 0 saturated carbocycles. The summed E-state index contributed by atoms with van der Waals surface area (Å²) in [6.07, 6.45) is -3.95. The summed E-state index contributed by atoms with van der Waals surface area (Å²) in [5.74, 6) is 0.123. The number of hydrogen-bond donors (Lipinski definition) is 1. The van der Waals surface area contributed by atoms with Gasteiger partial charge in [-0.2, -0.15) is 13.2 Å². The fourth-order valence-electron chi connectivity index (χ4n) is 2.20. The van der Waals surface area contributed by atoms with Gasteiger partial charge in [-0.1, -0.05) is 6.92 Å². The van der Waals surface area contributed by atoms with Gasteiger partial charge in [0.15, 0.2) is 11.5 Å². The summed E-state index contributed by atoms with van der Waals surface area (Å²) >= 11 is 0. The molecule has 1 N–H and O–H groups in total. The maximum Gasteiger partial charge on any atom is 0.433 e. The van der Waals surface area contributed by atoms with Gasteiger partial charge in [0, 0.05) is 32.2 Å². The molecular weight excluding hydrogens is 259 g/mol. The minimum atomic E-state index is -4.47. The van der Waals surface area contributed by atoms with Gasteiger partial charge in [-0.25, -0.2) is 9.97 Å². The predicted octanol–water partition coefficient (Wildman–Crippen LogP) is 2.24. The third-order valence-electron chi connectivity index (χ3n) is 3.16. The lowest BCUT2D eigenvalue weighted by atomic mass is 10.0. The second kappa shape index (κ2) is 5.42. The summed E-state index contributed by atoms with van der Waals surface area (Å²) in [6, 6.07) is 0. The molecule has 1 aliphatic heterocycles. The van der Waals surface area contributed by atoms with Crippen LogP contribution in [0.3, 0.4) is 0 Å². The largest absolute Gasteiger partial charge is 0.433 e. The predicted molar refractivity (Wildman–Crippen MR) is 62.5 cm³/mol. The summed E-state index contributed by atoms with van der Waals surface area (Å²) in [7, 11) is 1.45. The van der Waals surface area contributed by atoms with Gasteiger partial charge in [-0.15, -0.1) is 0 Å². The fourth-order valence-corrected chi connectivity index (χ4v) is 2.20. The second-order valence-corrected chi connectivity index (χ2v) is 4.41. The zero-order chi connectivity index (χ0) is 14.0. The lowest BCUT2D eigenvalue weighted by Gasteiger charge is -2.23. The maximum absolute atomic E-state index is 13.1. The van der Waals surface area contributed by atoms with E-state index in [2.05, 4.69) is 15.3 Å². The molecule has 1 atom stereocenters. The van der Waals surface area contributed by atoms with Crippen molar-refractivity contribution in [2.75, 3.05) is 13.7 Å². The van der Waals surface area contributed by atoms with Crippen LogP contribution < -0.4 is 5.32 Å². The summed E-state index contributed by atoms with van der Waals surface area (Å²) in [5.41, 5.74) is -0.199. The minimum absolute atomic E-state index is 0.123. The van der Waals surface area contributed by atoms with E-state index in [0.717, 1.165) is 0 Å². The highest BCUT2D eigenvalue weighted by Crippen LogP contribution is 2.33. The standard InChI is InChI=1S/C12H16F3N3O/c1-3-9(19-2)11-17-8-4-5-16-6-7(8)10(18-11)12(13,14)15/h9,16H,3-6H2,1-2H3. The first-order valence-corrected chi connectivity index (χ1v) is 6.17. The first-order chi connectivity index (χ1) is 8.97. The zero-order valence-electron chi connectivity index (χ0n) is 10.8. The Bertz CT molecular complexity index is 458. The maximum atomic E-state index is 13.1. The molecule has 2 heterocycles. The molecule has 0 aromatic carbocycles. The Kier molecular flexibility index (Phi) is 4.05. The smallest absolute Gasteiger partial charge is 0.373 e. The van der Waals surface area contributed by atoms with Gasteiger partial charge in [0.05, 0.1) is 5.69 Å². The molecule has 19 heavy (non-hydrogen) atoms. The van der Waals surface area contributed by atoms with Gasteiger partial charge in [0.2, 0.25) is 0 Å². The number of hydrogen-bond acceptors (Lipinski definition) is 4. The van der Waals surface area contributed by atoms with Gasteiger partial charge in [-0.3, -0.25) is 0 Å². The monoisotopic (exact) mass is 275 g/mol. The van der Waals surface area contributed by atoms with Crippen LogP contribution in [0.15, 0.2) is 0 Å². The Morgan fingerprint density at radius 1 is 1.37 bits per heavy atom. The molecular formula is C12H16F3N3O. The number of halogens is 3. The molecule has 0 spiro atoms. The van der Waals surface area contributed by atoms with Gasteiger partial charge in [0.1, 0.15) is 6.10 Å². The lowest BCUT2D eigenvalue weighted by Crippen LogP contribution is -2.30. The highest BCUT2D eigenvalue weighted by atomic mass is 19.4. The van der Waals surface area contributed by atoms with Crippen LogP contribution in [0.1, 0.15) is 42.2 Å². The van der Waals surface area contributed by atoms with E-state index in [0.29, 0.717) is 25.1 Å². The third-order valence-corrected chi connectivity index (χ3v) is 3.16. The van der Waals surface area contributed by atoms with Crippen molar-refractivity contribution >= 4 is 0 Å². The Morgan fingerprint density at radius 2 is 2.11 bits per heavy atom. The number of methoxy groups -OCH3 is 1. The molecule has 0 bridgehead atoms. The molecule has 0 saturated heterocycles. The van der Waals surface area contributed by atoms with Gasteiger partial charge >= 0.3 is 6.18 Å². The van der Waals surface area contributed by atoms with Crippen LogP contribution in [0.25, 0.3) is 0 Å². The normalized spacial score (nSPS) is 17.1. The first-order valence-electron chi connectivity index (χ1n) is 6.17. The SMILES string of the molecule is CCC(OC)c1nc2c(c(C(F)(F)F)n1)CNCC2. The second-order valence-electron chi connectivity index (χ2n) is 4.41. The van der Waals surface area contributed by atoms with Crippen LogP contribution >= 0.6 is 0 Å². The summed E-state index contributed by atoms with van der Waals surface area (Å²) in [6.45, 7) is 2.62. The number of nitrogens with zero attached hydrogens (tertiary/aromatic N) is 2. The zero-order valence-corrected chi connectivity index (χ0v) is 10.8. The fraction of sp³-hybridized carbons (Fsp3) is 0.667. The molecule has 2 rings (SSSR count). The molecule has 106 valence electrons. The van der Waals surface area contributed by atoms with Crippen molar-refractivity contribution in [1.29, 1.82) is 0 Å². The van der Waals surface area contributed by atoms with Crippen LogP contribution in [0.2, 0.25) is 0 Å². The van der Waals surface area contributed by atoms with E-state index in [1.807, 2.05) is 6.92 Å². The topological polar surface area (TPSA) is 47.0 Å². The van der Waals surface area contributed by atoms with Crippen LogP contribution in [-0.2, 0) is 23.9 Å². The van der Waals surface area contributed by atoms with Gasteiger partial charge in [-0.05, 0) is 6.42 Å². The van der Waals surface area contributed by atoms with Crippen LogP contribution in [-0.4, -0.2) is 23.6 Å². The quantitative estimate of drug-likeness (QED) is 0.919. The molecule has 0 aliphatic carbocycles. The molecule has 0 radical (unpaired) electrons. The van der Waals surface area contributed by atoms with E-state index in [1.165, 1.54) is 7.11 Å². The number of rotatable bonds is 3. The highest BCUT2D eigenvalue weighted by Gasteiger charge is 2.38. The Balaban J connectivity index is 2.54. The first kappa shape index (κ1) is 14.2. The lowest BCUT2D eigenvalue weighted by molar-refractivity contribution is -0.142.